The number of nitrogens with one attached hydrogen (secondary N) is 2. The van der Waals surface area contributed by atoms with Crippen LogP contribution >= 0.6 is 12.2 Å². The van der Waals surface area contributed by atoms with E-state index in [1.165, 1.54) is 18.2 Å². The van der Waals surface area contributed by atoms with Crippen molar-refractivity contribution in [1.29, 1.82) is 0 Å². The number of carbonyl (C=O) groups is 1. The van der Waals surface area contributed by atoms with Gasteiger partial charge in [0.05, 0.1) is 18.7 Å². The molecule has 0 bridgehead atoms. The number of benzene rings is 2. The smallest absolute Gasteiger partial charge is 0.338 e. The maximum atomic E-state index is 11.8. The summed E-state index contributed by atoms with van der Waals surface area (Å²) in [5.74, 6) is -0.355. The minimum atomic E-state index is -0.355. The van der Waals surface area contributed by atoms with Crippen LogP contribution in [0.5, 0.6) is 0 Å². The highest BCUT2D eigenvalue weighted by atomic mass is 32.1. The number of ether oxygens (including phenoxy) is 1. The zero-order valence-electron chi connectivity index (χ0n) is 15.1. The monoisotopic (exact) mass is 356 g/mol. The predicted octanol–water partition coefficient (Wildman–Crippen LogP) is 4.53. The van der Waals surface area contributed by atoms with Gasteiger partial charge < -0.3 is 15.4 Å². The van der Waals surface area contributed by atoms with E-state index in [0.29, 0.717) is 10.7 Å². The second-order valence-electron chi connectivity index (χ2n) is 5.94. The molecular formula is C20H24N2O2S. The molecule has 25 heavy (non-hydrogen) atoms. The van der Waals surface area contributed by atoms with Crippen LogP contribution < -0.4 is 10.6 Å². The zero-order chi connectivity index (χ0) is 18.4. The molecule has 0 radical (unpaired) electrons. The van der Waals surface area contributed by atoms with Crippen LogP contribution in [0.1, 0.15) is 46.4 Å². The van der Waals surface area contributed by atoms with Crippen molar-refractivity contribution in [2.75, 3.05) is 12.4 Å². The van der Waals surface area contributed by atoms with Gasteiger partial charge in [0.1, 0.15) is 0 Å². The number of hydrogen-bond acceptors (Lipinski definition) is 3. The minimum absolute atomic E-state index is 0.129. The van der Waals surface area contributed by atoms with Crippen molar-refractivity contribution < 1.29 is 9.53 Å². The van der Waals surface area contributed by atoms with E-state index in [-0.39, 0.29) is 12.0 Å². The number of anilines is 1. The summed E-state index contributed by atoms with van der Waals surface area (Å²) in [5, 5.41) is 7.06. The van der Waals surface area contributed by atoms with E-state index >= 15 is 0 Å². The molecule has 0 aliphatic carbocycles. The van der Waals surface area contributed by atoms with E-state index in [1.807, 2.05) is 19.1 Å². The molecule has 0 spiro atoms. The third-order valence-electron chi connectivity index (χ3n) is 4.18. The molecule has 0 saturated heterocycles. The van der Waals surface area contributed by atoms with Gasteiger partial charge in [-0.05, 0) is 55.7 Å². The van der Waals surface area contributed by atoms with Gasteiger partial charge in [0, 0.05) is 5.69 Å². The summed E-state index contributed by atoms with van der Waals surface area (Å²) in [7, 11) is 1.38. The minimum Gasteiger partial charge on any atom is -0.465 e. The van der Waals surface area contributed by atoms with Crippen LogP contribution in [0.15, 0.2) is 42.5 Å². The summed E-state index contributed by atoms with van der Waals surface area (Å²) in [5.41, 5.74) is 4.55. The number of aryl methyl sites for hydroxylation is 1. The average molecular weight is 356 g/mol. The van der Waals surface area contributed by atoms with E-state index in [1.54, 1.807) is 6.07 Å². The lowest BCUT2D eigenvalue weighted by molar-refractivity contribution is 0.0600. The third kappa shape index (κ3) is 4.79. The summed E-state index contributed by atoms with van der Waals surface area (Å²) in [6, 6.07) is 14.0. The topological polar surface area (TPSA) is 50.4 Å². The fraction of sp³-hybridized carbons (Fsp3) is 0.300. The van der Waals surface area contributed by atoms with Gasteiger partial charge in [-0.25, -0.2) is 4.79 Å². The molecule has 2 rings (SSSR count). The van der Waals surface area contributed by atoms with Crippen molar-refractivity contribution in [3.05, 3.63) is 64.7 Å². The van der Waals surface area contributed by atoms with Crippen molar-refractivity contribution in [3.63, 3.8) is 0 Å². The Labute approximate surface area is 154 Å². The molecular weight excluding hydrogens is 332 g/mol. The maximum absolute atomic E-state index is 11.8. The predicted molar refractivity (Wildman–Crippen MR) is 106 cm³/mol. The first kappa shape index (κ1) is 18.9. The van der Waals surface area contributed by atoms with Crippen molar-refractivity contribution in [3.8, 4) is 0 Å². The first-order chi connectivity index (χ1) is 12.0. The molecule has 132 valence electrons. The zero-order valence-corrected chi connectivity index (χ0v) is 15.9. The van der Waals surface area contributed by atoms with Gasteiger partial charge in [-0.15, -0.1) is 0 Å². The van der Waals surface area contributed by atoms with Gasteiger partial charge >= 0.3 is 5.97 Å². The third-order valence-corrected chi connectivity index (χ3v) is 4.40. The van der Waals surface area contributed by atoms with E-state index in [4.69, 9.17) is 17.0 Å². The van der Waals surface area contributed by atoms with E-state index < -0.39 is 0 Å². The van der Waals surface area contributed by atoms with Crippen LogP contribution in [0, 0.1) is 13.8 Å². The van der Waals surface area contributed by atoms with Crippen LogP contribution in [0.2, 0.25) is 0 Å². The van der Waals surface area contributed by atoms with Gasteiger partial charge in [0.15, 0.2) is 5.11 Å². The normalized spacial score (nSPS) is 11.5. The van der Waals surface area contributed by atoms with Crippen LogP contribution in [0.3, 0.4) is 0 Å². The number of esters is 1. The summed E-state index contributed by atoms with van der Waals surface area (Å²) in [6.45, 7) is 6.05. The molecule has 1 atom stereocenters. The highest BCUT2D eigenvalue weighted by Crippen LogP contribution is 2.21. The molecule has 0 aromatic heterocycles. The van der Waals surface area contributed by atoms with Crippen molar-refractivity contribution >= 4 is 29.0 Å². The molecule has 0 aliphatic rings. The molecule has 2 aromatic carbocycles. The SMILES string of the molecule is CC[C@@H](NC(=S)Nc1cccc(C(=O)OC)c1C)c1ccc(C)cc1. The first-order valence-corrected chi connectivity index (χ1v) is 8.69. The average Bonchev–Trinajstić information content (AvgIpc) is 2.61. The Morgan fingerprint density at radius 1 is 1.16 bits per heavy atom. The highest BCUT2D eigenvalue weighted by molar-refractivity contribution is 7.80. The number of hydrogen-bond donors (Lipinski definition) is 2. The van der Waals surface area contributed by atoms with Gasteiger partial charge in [0.25, 0.3) is 0 Å². The van der Waals surface area contributed by atoms with E-state index in [0.717, 1.165) is 17.7 Å². The van der Waals surface area contributed by atoms with Gasteiger partial charge in [-0.2, -0.15) is 0 Å². The Morgan fingerprint density at radius 3 is 2.44 bits per heavy atom. The second kappa shape index (κ2) is 8.62. The van der Waals surface area contributed by atoms with Gasteiger partial charge in [-0.3, -0.25) is 0 Å². The maximum Gasteiger partial charge on any atom is 0.338 e. The number of carbonyl (C=O) groups excluding carboxylic acids is 1. The number of rotatable bonds is 5. The quantitative estimate of drug-likeness (QED) is 0.609. The number of methoxy groups -OCH3 is 1. The van der Waals surface area contributed by atoms with Crippen molar-refractivity contribution in [2.24, 2.45) is 0 Å². The number of thiocarbonyl (C=S) groups is 1. The molecule has 0 amide bonds. The first-order valence-electron chi connectivity index (χ1n) is 8.28. The molecule has 5 heteroatoms. The molecule has 2 aromatic rings. The van der Waals surface area contributed by atoms with Crippen molar-refractivity contribution in [2.45, 2.75) is 33.2 Å². The lowest BCUT2D eigenvalue weighted by Gasteiger charge is -2.21. The molecule has 0 saturated carbocycles. The summed E-state index contributed by atoms with van der Waals surface area (Å²) >= 11 is 5.46. The van der Waals surface area contributed by atoms with Crippen LogP contribution in [0.25, 0.3) is 0 Å². The Kier molecular flexibility index (Phi) is 6.53. The van der Waals surface area contributed by atoms with Gasteiger partial charge in [-0.1, -0.05) is 42.8 Å². The molecule has 0 heterocycles. The Bertz CT molecular complexity index is 757. The molecule has 2 N–H and O–H groups in total. The van der Waals surface area contributed by atoms with Gasteiger partial charge in [0.2, 0.25) is 0 Å². The standard InChI is InChI=1S/C20H24N2O2S/c1-5-17(15-11-9-13(2)10-12-15)21-20(25)22-18-8-6-7-16(14(18)3)19(23)24-4/h6-12,17H,5H2,1-4H3,(H2,21,22,25)/t17-/m1/s1. The Morgan fingerprint density at radius 2 is 1.84 bits per heavy atom. The van der Waals surface area contributed by atoms with Crippen LogP contribution in [0.4, 0.5) is 5.69 Å². The highest BCUT2D eigenvalue weighted by Gasteiger charge is 2.14. The lowest BCUT2D eigenvalue weighted by atomic mass is 10.0. The van der Waals surface area contributed by atoms with Crippen LogP contribution in [-0.4, -0.2) is 18.2 Å². The molecule has 0 unspecified atom stereocenters. The summed E-state index contributed by atoms with van der Waals surface area (Å²) < 4.78 is 4.81. The molecule has 0 aliphatic heterocycles. The summed E-state index contributed by atoms with van der Waals surface area (Å²) in [6.07, 6.45) is 0.909. The molecule has 4 nitrogen and oxygen atoms in total. The lowest BCUT2D eigenvalue weighted by Crippen LogP contribution is -2.32. The fourth-order valence-corrected chi connectivity index (χ4v) is 2.89. The summed E-state index contributed by atoms with van der Waals surface area (Å²) in [4.78, 5) is 11.8. The van der Waals surface area contributed by atoms with E-state index in [2.05, 4.69) is 48.7 Å². The van der Waals surface area contributed by atoms with E-state index in [9.17, 15) is 4.79 Å². The second-order valence-corrected chi connectivity index (χ2v) is 6.35. The Hall–Kier alpha value is -2.40. The van der Waals surface area contributed by atoms with Crippen molar-refractivity contribution in [1.82, 2.24) is 5.32 Å². The molecule has 0 fully saturated rings. The fourth-order valence-electron chi connectivity index (χ4n) is 2.64. The Balaban J connectivity index is 2.11. The largest absolute Gasteiger partial charge is 0.465 e. The van der Waals surface area contributed by atoms with Crippen LogP contribution in [-0.2, 0) is 4.74 Å².